The number of pyridine rings is 2. The Labute approximate surface area is 179 Å². The number of benzene rings is 3. The molecular weight excluding hydrogens is 384 g/mol. The van der Waals surface area contributed by atoms with Gasteiger partial charge in [0.25, 0.3) is 0 Å². The van der Waals surface area contributed by atoms with E-state index in [9.17, 15) is 4.79 Å². The van der Waals surface area contributed by atoms with Gasteiger partial charge in [-0.05, 0) is 36.4 Å². The first kappa shape index (κ1) is 18.6. The Bertz CT molecular complexity index is 1380. The number of anilines is 4. The van der Waals surface area contributed by atoms with Gasteiger partial charge in [0.15, 0.2) is 5.43 Å². The van der Waals surface area contributed by atoms with Crippen LogP contribution in [-0.2, 0) is 0 Å². The van der Waals surface area contributed by atoms with E-state index >= 15 is 0 Å². The summed E-state index contributed by atoms with van der Waals surface area (Å²) in [6, 6.07) is 31.2. The number of rotatable bonds is 5. The molecule has 2 heterocycles. The van der Waals surface area contributed by atoms with Gasteiger partial charge in [-0.1, -0.05) is 54.6 Å². The van der Waals surface area contributed by atoms with Gasteiger partial charge in [-0.2, -0.15) is 0 Å². The molecular formula is C26H20N4O. The van der Waals surface area contributed by atoms with Gasteiger partial charge in [0, 0.05) is 23.1 Å². The van der Waals surface area contributed by atoms with Crippen molar-refractivity contribution >= 4 is 33.8 Å². The Balaban J connectivity index is 1.74. The number of para-hydroxylation sites is 3. The van der Waals surface area contributed by atoms with Crippen LogP contribution in [0.15, 0.2) is 114 Å². The molecule has 5 aromatic rings. The van der Waals surface area contributed by atoms with Gasteiger partial charge < -0.3 is 10.6 Å². The number of nitrogens with zero attached hydrogens (tertiary/aromatic N) is 2. The van der Waals surface area contributed by atoms with Crippen molar-refractivity contribution in [1.29, 1.82) is 0 Å². The van der Waals surface area contributed by atoms with E-state index in [1.807, 2.05) is 95.6 Å². The minimum absolute atomic E-state index is 0.0820. The van der Waals surface area contributed by atoms with Crippen LogP contribution in [0.3, 0.4) is 0 Å². The summed E-state index contributed by atoms with van der Waals surface area (Å²) in [5.41, 5.74) is 4.04. The summed E-state index contributed by atoms with van der Waals surface area (Å²) in [5, 5.41) is 7.31. The predicted octanol–water partition coefficient (Wildman–Crippen LogP) is 5.87. The number of fused-ring (bicyclic) bond motifs is 1. The van der Waals surface area contributed by atoms with Crippen LogP contribution in [0.4, 0.5) is 22.9 Å². The maximum Gasteiger partial charge on any atom is 0.193 e. The molecule has 0 spiro atoms. The second-order valence-electron chi connectivity index (χ2n) is 7.13. The van der Waals surface area contributed by atoms with E-state index in [0.29, 0.717) is 16.9 Å². The van der Waals surface area contributed by atoms with Gasteiger partial charge in [0.2, 0.25) is 0 Å². The molecule has 31 heavy (non-hydrogen) atoms. The van der Waals surface area contributed by atoms with Crippen LogP contribution in [0.2, 0.25) is 0 Å². The van der Waals surface area contributed by atoms with E-state index < -0.39 is 0 Å². The van der Waals surface area contributed by atoms with E-state index in [1.165, 1.54) is 0 Å². The highest BCUT2D eigenvalue weighted by Crippen LogP contribution is 2.29. The fraction of sp³-hybridized carbons (Fsp3) is 0. The average Bonchev–Trinajstić information content (AvgIpc) is 2.81. The Morgan fingerprint density at radius 2 is 1.26 bits per heavy atom. The fourth-order valence-corrected chi connectivity index (χ4v) is 3.66. The van der Waals surface area contributed by atoms with Crippen LogP contribution < -0.4 is 16.1 Å². The molecule has 0 radical (unpaired) electrons. The molecule has 0 saturated heterocycles. The van der Waals surface area contributed by atoms with E-state index in [2.05, 4.69) is 15.6 Å². The first-order valence-electron chi connectivity index (χ1n) is 10.0. The van der Waals surface area contributed by atoms with Crippen LogP contribution in [-0.4, -0.2) is 9.55 Å². The third kappa shape index (κ3) is 3.76. The van der Waals surface area contributed by atoms with Crippen LogP contribution in [0.25, 0.3) is 16.6 Å². The van der Waals surface area contributed by atoms with Crippen molar-refractivity contribution in [3.05, 3.63) is 120 Å². The molecule has 3 aromatic carbocycles. The smallest absolute Gasteiger partial charge is 0.193 e. The molecule has 0 bridgehead atoms. The van der Waals surface area contributed by atoms with Gasteiger partial charge in [-0.25, -0.2) is 0 Å². The Morgan fingerprint density at radius 3 is 1.90 bits per heavy atom. The zero-order valence-electron chi connectivity index (χ0n) is 16.7. The van der Waals surface area contributed by atoms with Gasteiger partial charge in [-0.15, -0.1) is 0 Å². The third-order valence-corrected chi connectivity index (χ3v) is 5.04. The highest BCUT2D eigenvalue weighted by Gasteiger charge is 2.15. The van der Waals surface area contributed by atoms with Gasteiger partial charge >= 0.3 is 0 Å². The number of aromatic nitrogens is 2. The molecule has 0 fully saturated rings. The van der Waals surface area contributed by atoms with E-state index in [1.54, 1.807) is 18.5 Å². The first-order valence-corrected chi connectivity index (χ1v) is 10.0. The second-order valence-corrected chi connectivity index (χ2v) is 7.13. The SMILES string of the molecule is O=c1cc(Nc2ccccc2)n(-c2ccccc2)c2cncc(Nc3ccccc3)c12. The molecule has 0 aliphatic carbocycles. The van der Waals surface area contributed by atoms with Crippen molar-refractivity contribution in [3.8, 4) is 5.69 Å². The van der Waals surface area contributed by atoms with Crippen molar-refractivity contribution < 1.29 is 0 Å². The van der Waals surface area contributed by atoms with E-state index in [0.717, 1.165) is 22.6 Å². The van der Waals surface area contributed by atoms with Crippen molar-refractivity contribution in [3.63, 3.8) is 0 Å². The molecule has 2 aromatic heterocycles. The minimum atomic E-state index is -0.0820. The predicted molar refractivity (Wildman–Crippen MR) is 127 cm³/mol. The van der Waals surface area contributed by atoms with E-state index in [-0.39, 0.29) is 5.43 Å². The molecule has 0 aliphatic heterocycles. The molecule has 0 saturated carbocycles. The van der Waals surface area contributed by atoms with Gasteiger partial charge in [0.05, 0.1) is 29.0 Å². The maximum atomic E-state index is 13.3. The fourth-order valence-electron chi connectivity index (χ4n) is 3.66. The first-order chi connectivity index (χ1) is 15.3. The molecule has 0 atom stereocenters. The number of nitrogens with one attached hydrogen (secondary N) is 2. The molecule has 150 valence electrons. The number of hydrogen-bond donors (Lipinski definition) is 2. The van der Waals surface area contributed by atoms with Gasteiger partial charge in [-0.3, -0.25) is 14.3 Å². The highest BCUT2D eigenvalue weighted by molar-refractivity contribution is 5.94. The average molecular weight is 404 g/mol. The van der Waals surface area contributed by atoms with Crippen LogP contribution >= 0.6 is 0 Å². The van der Waals surface area contributed by atoms with Gasteiger partial charge in [0.1, 0.15) is 5.82 Å². The zero-order valence-corrected chi connectivity index (χ0v) is 16.7. The van der Waals surface area contributed by atoms with Crippen LogP contribution in [0.5, 0.6) is 0 Å². The van der Waals surface area contributed by atoms with E-state index in [4.69, 9.17) is 0 Å². The minimum Gasteiger partial charge on any atom is -0.354 e. The summed E-state index contributed by atoms with van der Waals surface area (Å²) in [4.78, 5) is 17.7. The summed E-state index contributed by atoms with van der Waals surface area (Å²) in [6.07, 6.45) is 3.42. The summed E-state index contributed by atoms with van der Waals surface area (Å²) < 4.78 is 2.02. The lowest BCUT2D eigenvalue weighted by Crippen LogP contribution is -2.14. The second kappa shape index (κ2) is 8.16. The molecule has 5 nitrogen and oxygen atoms in total. The maximum absolute atomic E-state index is 13.3. The van der Waals surface area contributed by atoms with Crippen LogP contribution in [0.1, 0.15) is 0 Å². The highest BCUT2D eigenvalue weighted by atomic mass is 16.1. The van der Waals surface area contributed by atoms with Crippen molar-refractivity contribution in [2.24, 2.45) is 0 Å². The molecule has 5 heteroatoms. The third-order valence-electron chi connectivity index (χ3n) is 5.04. The lowest BCUT2D eigenvalue weighted by molar-refractivity contribution is 1.09. The standard InChI is InChI=1S/C26H20N4O/c31-24-16-25(29-20-12-6-2-7-13-20)30(21-14-8-3-9-15-21)23-18-27-17-22(26(23)24)28-19-10-4-1-5-11-19/h1-18,28-29H. The molecule has 5 rings (SSSR count). The lowest BCUT2D eigenvalue weighted by Gasteiger charge is -2.19. The molecule has 0 amide bonds. The molecule has 2 N–H and O–H groups in total. The summed E-state index contributed by atoms with van der Waals surface area (Å²) in [7, 11) is 0. The largest absolute Gasteiger partial charge is 0.354 e. The van der Waals surface area contributed by atoms with Crippen molar-refractivity contribution in [1.82, 2.24) is 9.55 Å². The van der Waals surface area contributed by atoms with Crippen LogP contribution in [0, 0.1) is 0 Å². The topological polar surface area (TPSA) is 59.0 Å². The van der Waals surface area contributed by atoms with Crippen molar-refractivity contribution in [2.75, 3.05) is 10.6 Å². The quantitative estimate of drug-likeness (QED) is 0.384. The summed E-state index contributed by atoms with van der Waals surface area (Å²) in [5.74, 6) is 0.675. The monoisotopic (exact) mass is 404 g/mol. The summed E-state index contributed by atoms with van der Waals surface area (Å²) >= 11 is 0. The van der Waals surface area contributed by atoms with Crippen molar-refractivity contribution in [2.45, 2.75) is 0 Å². The normalized spacial score (nSPS) is 10.7. The Morgan fingerprint density at radius 1 is 0.677 bits per heavy atom. The lowest BCUT2D eigenvalue weighted by atomic mass is 10.1. The summed E-state index contributed by atoms with van der Waals surface area (Å²) in [6.45, 7) is 0. The molecule has 0 unspecified atom stereocenters. The number of hydrogen-bond acceptors (Lipinski definition) is 4. The zero-order chi connectivity index (χ0) is 21.0. The Kier molecular flexibility index (Phi) is 4.91. The Hall–Kier alpha value is -4.38. The molecule has 0 aliphatic rings.